The number of rotatable bonds is 5. The number of carbonyl (C=O) groups excluding carboxylic acids is 2. The van der Waals surface area contributed by atoms with Crippen LogP contribution in [-0.2, 0) is 14.4 Å². The maximum atomic E-state index is 12.5. The number of aliphatic carboxylic acids is 1. The molecule has 0 heterocycles. The summed E-state index contributed by atoms with van der Waals surface area (Å²) in [5, 5.41) is 8.70. The second-order valence-electron chi connectivity index (χ2n) is 5.14. The van der Waals surface area contributed by atoms with Crippen LogP contribution in [0.5, 0.6) is 0 Å². The van der Waals surface area contributed by atoms with Gasteiger partial charge in [0.05, 0.1) is 12.5 Å². The average Bonchev–Trinajstić information content (AvgIpc) is 2.35. The van der Waals surface area contributed by atoms with Crippen molar-refractivity contribution in [2.24, 2.45) is 17.6 Å². The van der Waals surface area contributed by atoms with Gasteiger partial charge in [-0.3, -0.25) is 14.4 Å². The number of nitrogens with two attached hydrogens (primary N) is 1. The smallest absolute Gasteiger partial charge is 0.391 e. The molecule has 1 fully saturated rings. The SMILES string of the molecule is NC(=O)CN(CC(=O)O)C(=O)C1CCC(C(F)(F)F)CC1. The van der Waals surface area contributed by atoms with E-state index in [-0.39, 0.29) is 25.7 Å². The van der Waals surface area contributed by atoms with Crippen molar-refractivity contribution in [3.8, 4) is 0 Å². The van der Waals surface area contributed by atoms with Crippen LogP contribution in [-0.4, -0.2) is 47.1 Å². The van der Waals surface area contributed by atoms with Crippen molar-refractivity contribution in [3.63, 3.8) is 0 Å². The van der Waals surface area contributed by atoms with Crippen LogP contribution in [0.3, 0.4) is 0 Å². The highest BCUT2D eigenvalue weighted by atomic mass is 19.4. The lowest BCUT2D eigenvalue weighted by Gasteiger charge is -2.31. The molecule has 0 unspecified atom stereocenters. The summed E-state index contributed by atoms with van der Waals surface area (Å²) >= 11 is 0. The highest BCUT2D eigenvalue weighted by molar-refractivity contribution is 5.87. The molecular weight excluding hydrogens is 293 g/mol. The first-order valence-corrected chi connectivity index (χ1v) is 6.47. The number of carbonyl (C=O) groups is 3. The summed E-state index contributed by atoms with van der Waals surface area (Å²) < 4.78 is 37.6. The minimum Gasteiger partial charge on any atom is -0.480 e. The molecule has 21 heavy (non-hydrogen) atoms. The van der Waals surface area contributed by atoms with E-state index >= 15 is 0 Å². The maximum absolute atomic E-state index is 12.5. The first kappa shape index (κ1) is 17.3. The molecule has 0 aliphatic heterocycles. The largest absolute Gasteiger partial charge is 0.480 e. The summed E-state index contributed by atoms with van der Waals surface area (Å²) in [6.07, 6.45) is -4.56. The summed E-state index contributed by atoms with van der Waals surface area (Å²) in [6.45, 7) is -1.24. The summed E-state index contributed by atoms with van der Waals surface area (Å²) in [6, 6.07) is 0. The molecule has 2 amide bonds. The van der Waals surface area contributed by atoms with Gasteiger partial charge in [-0.15, -0.1) is 0 Å². The number of hydrogen-bond donors (Lipinski definition) is 2. The lowest BCUT2D eigenvalue weighted by atomic mass is 9.81. The zero-order valence-corrected chi connectivity index (χ0v) is 11.2. The van der Waals surface area contributed by atoms with Gasteiger partial charge in [0, 0.05) is 5.92 Å². The fourth-order valence-electron chi connectivity index (χ4n) is 2.49. The van der Waals surface area contributed by atoms with Gasteiger partial charge in [-0.2, -0.15) is 13.2 Å². The first-order valence-electron chi connectivity index (χ1n) is 6.47. The molecule has 1 saturated carbocycles. The van der Waals surface area contributed by atoms with Crippen LogP contribution in [0.2, 0.25) is 0 Å². The average molecular weight is 310 g/mol. The van der Waals surface area contributed by atoms with Crippen molar-refractivity contribution < 1.29 is 32.7 Å². The zero-order chi connectivity index (χ0) is 16.2. The maximum Gasteiger partial charge on any atom is 0.391 e. The predicted molar refractivity (Wildman–Crippen MR) is 64.9 cm³/mol. The molecule has 6 nitrogen and oxygen atoms in total. The third-order valence-electron chi connectivity index (χ3n) is 3.52. The Hall–Kier alpha value is -1.80. The van der Waals surface area contributed by atoms with Crippen LogP contribution in [0.4, 0.5) is 13.2 Å². The molecule has 0 atom stereocenters. The molecule has 120 valence electrons. The van der Waals surface area contributed by atoms with Gasteiger partial charge in [0.15, 0.2) is 0 Å². The van der Waals surface area contributed by atoms with E-state index in [9.17, 15) is 27.6 Å². The fraction of sp³-hybridized carbons (Fsp3) is 0.750. The molecule has 0 spiro atoms. The Morgan fingerprint density at radius 3 is 2.00 bits per heavy atom. The molecule has 1 aliphatic rings. The predicted octanol–water partition coefficient (Wildman–Crippen LogP) is 0.754. The fourth-order valence-corrected chi connectivity index (χ4v) is 2.49. The molecule has 0 saturated heterocycles. The number of amides is 2. The van der Waals surface area contributed by atoms with E-state index in [1.165, 1.54) is 0 Å². The minimum absolute atomic E-state index is 0.0257. The van der Waals surface area contributed by atoms with Crippen molar-refractivity contribution in [1.29, 1.82) is 0 Å². The molecule has 1 rings (SSSR count). The van der Waals surface area contributed by atoms with E-state index in [2.05, 4.69) is 0 Å². The van der Waals surface area contributed by atoms with Crippen LogP contribution in [0.1, 0.15) is 25.7 Å². The molecular formula is C12H17F3N2O4. The molecule has 0 aromatic carbocycles. The molecule has 0 bridgehead atoms. The van der Waals surface area contributed by atoms with E-state index in [4.69, 9.17) is 10.8 Å². The molecule has 3 N–H and O–H groups in total. The summed E-state index contributed by atoms with van der Waals surface area (Å²) in [5.41, 5.74) is 4.94. The van der Waals surface area contributed by atoms with Gasteiger partial charge in [0.2, 0.25) is 11.8 Å². The van der Waals surface area contributed by atoms with Gasteiger partial charge in [0.25, 0.3) is 0 Å². The number of primary amides is 1. The number of carboxylic acid groups (broad SMARTS) is 1. The van der Waals surface area contributed by atoms with Gasteiger partial charge in [-0.1, -0.05) is 0 Å². The Balaban J connectivity index is 2.65. The van der Waals surface area contributed by atoms with Crippen LogP contribution < -0.4 is 5.73 Å². The van der Waals surface area contributed by atoms with Crippen molar-refractivity contribution in [3.05, 3.63) is 0 Å². The monoisotopic (exact) mass is 310 g/mol. The van der Waals surface area contributed by atoms with Crippen LogP contribution in [0.15, 0.2) is 0 Å². The Kier molecular flexibility index (Phi) is 5.56. The van der Waals surface area contributed by atoms with E-state index in [1.807, 2.05) is 0 Å². The minimum atomic E-state index is -4.28. The Morgan fingerprint density at radius 2 is 1.62 bits per heavy atom. The van der Waals surface area contributed by atoms with E-state index in [1.54, 1.807) is 0 Å². The molecule has 0 aromatic heterocycles. The van der Waals surface area contributed by atoms with Gasteiger partial charge >= 0.3 is 12.1 Å². The lowest BCUT2D eigenvalue weighted by molar-refractivity contribution is -0.185. The van der Waals surface area contributed by atoms with Gasteiger partial charge in [0.1, 0.15) is 6.54 Å². The van der Waals surface area contributed by atoms with E-state index in [0.29, 0.717) is 0 Å². The number of hydrogen-bond acceptors (Lipinski definition) is 3. The second-order valence-corrected chi connectivity index (χ2v) is 5.14. The van der Waals surface area contributed by atoms with Crippen molar-refractivity contribution >= 4 is 17.8 Å². The van der Waals surface area contributed by atoms with Crippen LogP contribution in [0, 0.1) is 11.8 Å². The Labute approximate surface area is 119 Å². The third kappa shape index (κ3) is 5.24. The Bertz CT molecular complexity index is 401. The second kappa shape index (κ2) is 6.77. The van der Waals surface area contributed by atoms with Crippen LogP contribution >= 0.6 is 0 Å². The van der Waals surface area contributed by atoms with Gasteiger partial charge < -0.3 is 15.7 Å². The van der Waals surface area contributed by atoms with Gasteiger partial charge in [-0.25, -0.2) is 0 Å². The van der Waals surface area contributed by atoms with Crippen molar-refractivity contribution in [2.75, 3.05) is 13.1 Å². The molecule has 0 aromatic rings. The number of nitrogens with zero attached hydrogens (tertiary/aromatic N) is 1. The van der Waals surface area contributed by atoms with Crippen molar-refractivity contribution in [1.82, 2.24) is 4.90 Å². The third-order valence-corrected chi connectivity index (χ3v) is 3.52. The first-order chi connectivity index (χ1) is 9.61. The highest BCUT2D eigenvalue weighted by Gasteiger charge is 2.43. The summed E-state index contributed by atoms with van der Waals surface area (Å²) in [7, 11) is 0. The quantitative estimate of drug-likeness (QED) is 0.782. The standard InChI is InChI=1S/C12H17F3N2O4/c13-12(14,15)8-3-1-7(2-4-8)11(21)17(5-9(16)18)6-10(19)20/h7-8H,1-6H2,(H2,16,18)(H,19,20). The highest BCUT2D eigenvalue weighted by Crippen LogP contribution is 2.39. The topological polar surface area (TPSA) is 101 Å². The summed E-state index contributed by atoms with van der Waals surface area (Å²) in [4.78, 5) is 34.4. The van der Waals surface area contributed by atoms with E-state index < -0.39 is 48.9 Å². The molecule has 9 heteroatoms. The number of carboxylic acids is 1. The molecule has 0 radical (unpaired) electrons. The lowest BCUT2D eigenvalue weighted by Crippen LogP contribution is -2.45. The number of halogens is 3. The van der Waals surface area contributed by atoms with Crippen LogP contribution in [0.25, 0.3) is 0 Å². The number of alkyl halides is 3. The van der Waals surface area contributed by atoms with Gasteiger partial charge in [-0.05, 0) is 25.7 Å². The normalized spacial score (nSPS) is 22.6. The summed E-state index contributed by atoms with van der Waals surface area (Å²) in [5.74, 6) is -4.92. The Morgan fingerprint density at radius 1 is 1.10 bits per heavy atom. The van der Waals surface area contributed by atoms with Crippen molar-refractivity contribution in [2.45, 2.75) is 31.9 Å². The zero-order valence-electron chi connectivity index (χ0n) is 11.2. The van der Waals surface area contributed by atoms with E-state index in [0.717, 1.165) is 4.90 Å². The molecule has 1 aliphatic carbocycles.